The van der Waals surface area contributed by atoms with E-state index in [2.05, 4.69) is 32.7 Å². The Morgan fingerprint density at radius 1 is 1.43 bits per heavy atom. The molecule has 0 bridgehead atoms. The first kappa shape index (κ1) is 11.2. The summed E-state index contributed by atoms with van der Waals surface area (Å²) in [6.45, 7) is 9.21. The highest BCUT2D eigenvalue weighted by Crippen LogP contribution is 2.26. The van der Waals surface area contributed by atoms with Gasteiger partial charge in [-0.1, -0.05) is 20.8 Å². The number of hydrogen-bond donors (Lipinski definition) is 1. The van der Waals surface area contributed by atoms with Crippen LogP contribution in [-0.4, -0.2) is 14.7 Å². The van der Waals surface area contributed by atoms with Crippen LogP contribution in [-0.2, 0) is 6.54 Å². The van der Waals surface area contributed by atoms with Crippen LogP contribution in [0.5, 0.6) is 0 Å². The number of aliphatic hydroxyl groups is 1. The summed E-state index contributed by atoms with van der Waals surface area (Å²) >= 11 is 0. The van der Waals surface area contributed by atoms with Crippen LogP contribution in [0.1, 0.15) is 39.6 Å². The number of aryl methyl sites for hydroxylation is 1. The molecule has 0 amide bonds. The molecule has 0 aliphatic rings. The van der Waals surface area contributed by atoms with E-state index in [4.69, 9.17) is 0 Å². The van der Waals surface area contributed by atoms with Crippen LogP contribution in [0.3, 0.4) is 0 Å². The molecule has 14 heavy (non-hydrogen) atoms. The topological polar surface area (TPSA) is 38.0 Å². The minimum absolute atomic E-state index is 0.239. The number of imidazole rings is 1. The van der Waals surface area contributed by atoms with E-state index in [1.54, 1.807) is 6.20 Å². The van der Waals surface area contributed by atoms with E-state index in [0.29, 0.717) is 5.92 Å². The molecular formula is C11H20N2O. The molecule has 2 atom stereocenters. The van der Waals surface area contributed by atoms with Gasteiger partial charge in [-0.3, -0.25) is 0 Å². The Labute approximate surface area is 85.8 Å². The molecule has 80 valence electrons. The van der Waals surface area contributed by atoms with Gasteiger partial charge in [-0.25, -0.2) is 4.98 Å². The Bertz CT molecular complexity index is 281. The number of rotatable bonds is 4. The highest BCUT2D eigenvalue weighted by Gasteiger charge is 2.22. The molecule has 0 aliphatic carbocycles. The molecule has 1 aromatic rings. The molecule has 0 aliphatic heterocycles. The van der Waals surface area contributed by atoms with Gasteiger partial charge in [0.25, 0.3) is 0 Å². The Morgan fingerprint density at radius 2 is 2.07 bits per heavy atom. The van der Waals surface area contributed by atoms with E-state index in [0.717, 1.165) is 12.4 Å². The fourth-order valence-electron chi connectivity index (χ4n) is 1.45. The second kappa shape index (κ2) is 4.60. The highest BCUT2D eigenvalue weighted by atomic mass is 16.3. The third-order valence-electron chi connectivity index (χ3n) is 2.90. The van der Waals surface area contributed by atoms with E-state index in [1.807, 2.05) is 10.8 Å². The van der Waals surface area contributed by atoms with Gasteiger partial charge in [0.15, 0.2) is 0 Å². The second-order valence-electron chi connectivity index (χ2n) is 4.12. The van der Waals surface area contributed by atoms with E-state index in [1.165, 1.54) is 0 Å². The van der Waals surface area contributed by atoms with Crippen LogP contribution in [0.4, 0.5) is 0 Å². The van der Waals surface area contributed by atoms with Crippen molar-refractivity contribution in [2.24, 2.45) is 11.8 Å². The van der Waals surface area contributed by atoms with Gasteiger partial charge >= 0.3 is 0 Å². The molecule has 0 radical (unpaired) electrons. The predicted molar refractivity (Wildman–Crippen MR) is 56.9 cm³/mol. The Hall–Kier alpha value is -0.830. The maximum atomic E-state index is 10.1. The Kier molecular flexibility index (Phi) is 3.69. The SMILES string of the molecule is CCn1ccnc1C(O)C(C)C(C)C. The maximum absolute atomic E-state index is 10.1. The largest absolute Gasteiger partial charge is 0.385 e. The minimum atomic E-state index is -0.454. The van der Waals surface area contributed by atoms with Gasteiger partial charge in [-0.2, -0.15) is 0 Å². The van der Waals surface area contributed by atoms with Crippen LogP contribution in [0, 0.1) is 11.8 Å². The van der Waals surface area contributed by atoms with Gasteiger partial charge in [-0.15, -0.1) is 0 Å². The molecule has 1 N–H and O–H groups in total. The van der Waals surface area contributed by atoms with Crippen molar-refractivity contribution in [2.45, 2.75) is 40.3 Å². The minimum Gasteiger partial charge on any atom is -0.385 e. The smallest absolute Gasteiger partial charge is 0.137 e. The molecule has 1 heterocycles. The van der Waals surface area contributed by atoms with Crippen molar-refractivity contribution in [1.29, 1.82) is 0 Å². The summed E-state index contributed by atoms with van der Waals surface area (Å²) in [6, 6.07) is 0. The van der Waals surface area contributed by atoms with Crippen molar-refractivity contribution in [3.8, 4) is 0 Å². The average Bonchev–Trinajstić information content (AvgIpc) is 2.62. The van der Waals surface area contributed by atoms with E-state index in [9.17, 15) is 5.11 Å². The molecule has 2 unspecified atom stereocenters. The molecule has 1 rings (SSSR count). The molecule has 0 saturated carbocycles. The van der Waals surface area contributed by atoms with Crippen LogP contribution >= 0.6 is 0 Å². The monoisotopic (exact) mass is 196 g/mol. The average molecular weight is 196 g/mol. The lowest BCUT2D eigenvalue weighted by Gasteiger charge is -2.22. The fourth-order valence-corrected chi connectivity index (χ4v) is 1.45. The quantitative estimate of drug-likeness (QED) is 0.802. The molecule has 0 spiro atoms. The first-order valence-electron chi connectivity index (χ1n) is 5.27. The number of nitrogens with zero attached hydrogens (tertiary/aromatic N) is 2. The molecule has 0 aromatic carbocycles. The standard InChI is InChI=1S/C11H20N2O/c1-5-13-7-6-12-11(13)10(14)9(4)8(2)3/h6-10,14H,5H2,1-4H3. The van der Waals surface area contributed by atoms with Crippen LogP contribution in [0.25, 0.3) is 0 Å². The van der Waals surface area contributed by atoms with Crippen LogP contribution in [0.2, 0.25) is 0 Å². The van der Waals surface area contributed by atoms with Crippen molar-refractivity contribution < 1.29 is 5.11 Å². The first-order valence-corrected chi connectivity index (χ1v) is 5.27. The lowest BCUT2D eigenvalue weighted by Crippen LogP contribution is -2.18. The number of aliphatic hydroxyl groups excluding tert-OH is 1. The molecule has 1 aromatic heterocycles. The van der Waals surface area contributed by atoms with Crippen molar-refractivity contribution in [1.82, 2.24) is 9.55 Å². The maximum Gasteiger partial charge on any atom is 0.137 e. The van der Waals surface area contributed by atoms with Gasteiger partial charge < -0.3 is 9.67 Å². The zero-order valence-electron chi connectivity index (χ0n) is 9.44. The van der Waals surface area contributed by atoms with Gasteiger partial charge in [0.2, 0.25) is 0 Å². The fraction of sp³-hybridized carbons (Fsp3) is 0.727. The Balaban J connectivity index is 2.83. The summed E-state index contributed by atoms with van der Waals surface area (Å²) in [6.07, 6.45) is 3.20. The second-order valence-corrected chi connectivity index (χ2v) is 4.12. The van der Waals surface area contributed by atoms with E-state index < -0.39 is 6.10 Å². The summed E-state index contributed by atoms with van der Waals surface area (Å²) in [5, 5.41) is 10.1. The molecule has 0 saturated heterocycles. The summed E-state index contributed by atoms with van der Waals surface area (Å²) in [5.74, 6) is 1.49. The lowest BCUT2D eigenvalue weighted by atomic mass is 9.92. The third kappa shape index (κ3) is 2.15. The molecule has 0 fully saturated rings. The Morgan fingerprint density at radius 3 is 2.57 bits per heavy atom. The number of hydrogen-bond acceptors (Lipinski definition) is 2. The summed E-state index contributed by atoms with van der Waals surface area (Å²) in [4.78, 5) is 4.20. The van der Waals surface area contributed by atoms with Crippen molar-refractivity contribution in [3.05, 3.63) is 18.2 Å². The zero-order valence-corrected chi connectivity index (χ0v) is 9.44. The zero-order chi connectivity index (χ0) is 10.7. The van der Waals surface area contributed by atoms with Crippen LogP contribution < -0.4 is 0 Å². The molecule has 3 heteroatoms. The highest BCUT2D eigenvalue weighted by molar-refractivity contribution is 4.98. The van der Waals surface area contributed by atoms with Crippen LogP contribution in [0.15, 0.2) is 12.4 Å². The molecule has 3 nitrogen and oxygen atoms in total. The first-order chi connectivity index (χ1) is 6.57. The van der Waals surface area contributed by atoms with Gasteiger partial charge in [0, 0.05) is 18.9 Å². The number of aromatic nitrogens is 2. The van der Waals surface area contributed by atoms with E-state index >= 15 is 0 Å². The van der Waals surface area contributed by atoms with Gasteiger partial charge in [-0.05, 0) is 18.8 Å². The van der Waals surface area contributed by atoms with Gasteiger partial charge in [0.1, 0.15) is 11.9 Å². The van der Waals surface area contributed by atoms with Crippen molar-refractivity contribution in [3.63, 3.8) is 0 Å². The molecular weight excluding hydrogens is 176 g/mol. The van der Waals surface area contributed by atoms with Crippen molar-refractivity contribution in [2.75, 3.05) is 0 Å². The third-order valence-corrected chi connectivity index (χ3v) is 2.90. The van der Waals surface area contributed by atoms with Crippen molar-refractivity contribution >= 4 is 0 Å². The summed E-state index contributed by atoms with van der Waals surface area (Å²) in [5.41, 5.74) is 0. The summed E-state index contributed by atoms with van der Waals surface area (Å²) < 4.78 is 1.99. The normalized spacial score (nSPS) is 15.9. The summed E-state index contributed by atoms with van der Waals surface area (Å²) in [7, 11) is 0. The lowest BCUT2D eigenvalue weighted by molar-refractivity contribution is 0.0808. The predicted octanol–water partition coefficient (Wildman–Crippen LogP) is 2.23. The van der Waals surface area contributed by atoms with Gasteiger partial charge in [0.05, 0.1) is 0 Å². The van der Waals surface area contributed by atoms with E-state index in [-0.39, 0.29) is 5.92 Å².